The van der Waals surface area contributed by atoms with Gasteiger partial charge in [-0.3, -0.25) is 13.9 Å². The molecule has 0 saturated heterocycles. The Labute approximate surface area is 230 Å². The van der Waals surface area contributed by atoms with E-state index in [9.17, 15) is 18.0 Å². The molecule has 7 nitrogen and oxygen atoms in total. The van der Waals surface area contributed by atoms with Gasteiger partial charge < -0.3 is 10.2 Å². The number of hydrogen-bond acceptors (Lipinski definition) is 4. The highest BCUT2D eigenvalue weighted by Crippen LogP contribution is 2.27. The first-order valence-corrected chi connectivity index (χ1v) is 14.4. The fourth-order valence-corrected chi connectivity index (χ4v) is 5.67. The van der Waals surface area contributed by atoms with Gasteiger partial charge in [-0.1, -0.05) is 54.9 Å². The van der Waals surface area contributed by atoms with Crippen LogP contribution in [0.3, 0.4) is 0 Å². The van der Waals surface area contributed by atoms with Crippen molar-refractivity contribution in [3.63, 3.8) is 0 Å². The molecule has 0 radical (unpaired) electrons. The molecule has 0 spiro atoms. The van der Waals surface area contributed by atoms with Gasteiger partial charge in [-0.05, 0) is 80.3 Å². The van der Waals surface area contributed by atoms with Crippen molar-refractivity contribution in [2.45, 2.75) is 51.6 Å². The minimum absolute atomic E-state index is 0.0123. The lowest BCUT2D eigenvalue weighted by molar-refractivity contribution is -0.140. The third-order valence-electron chi connectivity index (χ3n) is 6.39. The van der Waals surface area contributed by atoms with Gasteiger partial charge in [-0.25, -0.2) is 8.42 Å². The number of nitrogens with one attached hydrogen (secondary N) is 1. The number of hydrogen-bond donors (Lipinski definition) is 1. The van der Waals surface area contributed by atoms with Gasteiger partial charge in [0.05, 0.1) is 10.6 Å². The average molecular weight is 556 g/mol. The molecule has 0 aliphatic rings. The fraction of sp³-hybridized carbons (Fsp3) is 0.310. The predicted molar refractivity (Wildman–Crippen MR) is 152 cm³/mol. The topological polar surface area (TPSA) is 86.8 Å². The number of benzene rings is 3. The van der Waals surface area contributed by atoms with E-state index in [1.807, 2.05) is 64.1 Å². The van der Waals surface area contributed by atoms with E-state index in [2.05, 4.69) is 5.32 Å². The summed E-state index contributed by atoms with van der Waals surface area (Å²) < 4.78 is 28.8. The SMILES string of the molecule is CCNC(=O)[C@H](CC)N(Cc1ccccc1)C(=O)CN(c1ccc(C)c(C)c1)S(=O)(=O)c1ccc(Cl)cc1. The van der Waals surface area contributed by atoms with Crippen LogP contribution in [0.25, 0.3) is 0 Å². The highest BCUT2D eigenvalue weighted by atomic mass is 35.5. The summed E-state index contributed by atoms with van der Waals surface area (Å²) in [5, 5.41) is 3.20. The lowest BCUT2D eigenvalue weighted by Gasteiger charge is -2.33. The molecule has 3 aromatic carbocycles. The summed E-state index contributed by atoms with van der Waals surface area (Å²) in [5.41, 5.74) is 3.09. The smallest absolute Gasteiger partial charge is 0.264 e. The molecule has 9 heteroatoms. The molecule has 0 unspecified atom stereocenters. The minimum atomic E-state index is -4.14. The maximum absolute atomic E-state index is 13.9. The second kappa shape index (κ2) is 12.9. The molecule has 0 aliphatic heterocycles. The van der Waals surface area contributed by atoms with Crippen LogP contribution in [0.1, 0.15) is 37.0 Å². The summed E-state index contributed by atoms with van der Waals surface area (Å²) >= 11 is 6.00. The normalized spacial score (nSPS) is 12.0. The van der Waals surface area contributed by atoms with Crippen LogP contribution in [0.4, 0.5) is 5.69 Å². The lowest BCUT2D eigenvalue weighted by Crippen LogP contribution is -2.52. The van der Waals surface area contributed by atoms with Gasteiger partial charge in [0.2, 0.25) is 11.8 Å². The van der Waals surface area contributed by atoms with Crippen molar-refractivity contribution < 1.29 is 18.0 Å². The maximum atomic E-state index is 13.9. The largest absolute Gasteiger partial charge is 0.355 e. The highest BCUT2D eigenvalue weighted by Gasteiger charge is 2.33. The first-order chi connectivity index (χ1) is 18.1. The third-order valence-corrected chi connectivity index (χ3v) is 8.43. The van der Waals surface area contributed by atoms with Crippen molar-refractivity contribution in [1.29, 1.82) is 0 Å². The second-order valence-corrected chi connectivity index (χ2v) is 11.4. The molecule has 3 rings (SSSR count). The number of rotatable bonds is 11. The molecule has 2 amide bonds. The summed E-state index contributed by atoms with van der Waals surface area (Å²) in [6.45, 7) is 7.57. The van der Waals surface area contributed by atoms with Gasteiger partial charge in [0, 0.05) is 18.1 Å². The van der Waals surface area contributed by atoms with E-state index in [0.717, 1.165) is 21.0 Å². The average Bonchev–Trinajstić information content (AvgIpc) is 2.89. The summed E-state index contributed by atoms with van der Waals surface area (Å²) in [6, 6.07) is 19.7. The molecular weight excluding hydrogens is 522 g/mol. The van der Waals surface area contributed by atoms with Crippen molar-refractivity contribution >= 4 is 39.1 Å². The Bertz CT molecular complexity index is 1360. The third kappa shape index (κ3) is 6.94. The second-order valence-electron chi connectivity index (χ2n) is 9.06. The van der Waals surface area contributed by atoms with E-state index >= 15 is 0 Å². The van der Waals surface area contributed by atoms with Gasteiger partial charge in [0.25, 0.3) is 10.0 Å². The lowest BCUT2D eigenvalue weighted by atomic mass is 10.1. The molecule has 1 atom stereocenters. The van der Waals surface area contributed by atoms with Gasteiger partial charge >= 0.3 is 0 Å². The molecule has 1 N–H and O–H groups in total. The van der Waals surface area contributed by atoms with Crippen molar-refractivity contribution in [3.8, 4) is 0 Å². The van der Waals surface area contributed by atoms with Crippen LogP contribution in [-0.2, 0) is 26.2 Å². The number of sulfonamides is 1. The molecule has 0 aromatic heterocycles. The van der Waals surface area contributed by atoms with Crippen LogP contribution in [0.5, 0.6) is 0 Å². The van der Waals surface area contributed by atoms with Crippen LogP contribution in [0, 0.1) is 13.8 Å². The number of amides is 2. The first kappa shape index (κ1) is 29.2. The Morgan fingerprint density at radius 1 is 0.921 bits per heavy atom. The van der Waals surface area contributed by atoms with Gasteiger partial charge in [-0.15, -0.1) is 0 Å². The Morgan fingerprint density at radius 3 is 2.16 bits per heavy atom. The number of nitrogens with zero attached hydrogens (tertiary/aromatic N) is 2. The van der Waals surface area contributed by atoms with Crippen molar-refractivity contribution in [3.05, 3.63) is 94.5 Å². The number of anilines is 1. The summed E-state index contributed by atoms with van der Waals surface area (Å²) in [5.74, 6) is -0.764. The monoisotopic (exact) mass is 555 g/mol. The van der Waals surface area contributed by atoms with Crippen LogP contribution in [0.2, 0.25) is 5.02 Å². The van der Waals surface area contributed by atoms with E-state index in [-0.39, 0.29) is 17.3 Å². The van der Waals surface area contributed by atoms with E-state index in [4.69, 9.17) is 11.6 Å². The highest BCUT2D eigenvalue weighted by molar-refractivity contribution is 7.92. The van der Waals surface area contributed by atoms with Crippen molar-refractivity contribution in [2.24, 2.45) is 0 Å². The van der Waals surface area contributed by atoms with Crippen LogP contribution in [-0.4, -0.2) is 44.3 Å². The molecule has 38 heavy (non-hydrogen) atoms. The zero-order valence-corrected chi connectivity index (χ0v) is 23.7. The number of carbonyl (C=O) groups is 2. The molecule has 0 saturated carbocycles. The Hall–Kier alpha value is -3.36. The van der Waals surface area contributed by atoms with Gasteiger partial charge in [-0.2, -0.15) is 0 Å². The van der Waals surface area contributed by atoms with E-state index in [1.165, 1.54) is 29.2 Å². The number of likely N-dealkylation sites (N-methyl/N-ethyl adjacent to an activating group) is 1. The maximum Gasteiger partial charge on any atom is 0.264 e. The standard InChI is InChI=1S/C29H34ClN3O4S/c1-5-27(29(35)31-6-2)32(19-23-10-8-7-9-11-23)28(34)20-33(25-15-12-21(3)22(4)18-25)38(36,37)26-16-13-24(30)14-17-26/h7-18,27H,5-6,19-20H2,1-4H3,(H,31,35)/t27-/m0/s1. The van der Waals surface area contributed by atoms with Crippen LogP contribution < -0.4 is 9.62 Å². The van der Waals surface area contributed by atoms with E-state index < -0.39 is 28.5 Å². The molecule has 202 valence electrons. The van der Waals surface area contributed by atoms with Gasteiger partial charge in [0.15, 0.2) is 0 Å². The summed E-state index contributed by atoms with van der Waals surface area (Å²) in [7, 11) is -4.14. The quantitative estimate of drug-likeness (QED) is 0.357. The summed E-state index contributed by atoms with van der Waals surface area (Å²) in [6.07, 6.45) is 0.373. The number of carbonyl (C=O) groups excluding carboxylic acids is 2. The fourth-order valence-electron chi connectivity index (χ4n) is 4.13. The Kier molecular flexibility index (Phi) is 9.94. The first-order valence-electron chi connectivity index (χ1n) is 12.5. The summed E-state index contributed by atoms with van der Waals surface area (Å²) in [4.78, 5) is 28.4. The number of aryl methyl sites for hydroxylation is 2. The molecule has 0 aliphatic carbocycles. The van der Waals surface area contributed by atoms with Crippen molar-refractivity contribution in [2.75, 3.05) is 17.4 Å². The zero-order chi connectivity index (χ0) is 27.9. The Balaban J connectivity index is 2.07. The van der Waals surface area contributed by atoms with Crippen LogP contribution >= 0.6 is 11.6 Å². The number of halogens is 1. The molecule has 0 fully saturated rings. The minimum Gasteiger partial charge on any atom is -0.355 e. The van der Waals surface area contributed by atoms with Gasteiger partial charge in [0.1, 0.15) is 12.6 Å². The van der Waals surface area contributed by atoms with E-state index in [0.29, 0.717) is 23.7 Å². The predicted octanol–water partition coefficient (Wildman–Crippen LogP) is 5.10. The molecule has 0 bridgehead atoms. The van der Waals surface area contributed by atoms with Crippen molar-refractivity contribution in [1.82, 2.24) is 10.2 Å². The Morgan fingerprint density at radius 2 is 1.58 bits per heavy atom. The van der Waals surface area contributed by atoms with Crippen LogP contribution in [0.15, 0.2) is 77.7 Å². The molecule has 3 aromatic rings. The van der Waals surface area contributed by atoms with E-state index in [1.54, 1.807) is 12.1 Å². The molecular formula is C29H34ClN3O4S. The zero-order valence-electron chi connectivity index (χ0n) is 22.1. The molecule has 0 heterocycles.